The number of hydrogen-bond donors (Lipinski definition) is 1. The van der Waals surface area contributed by atoms with Crippen molar-refractivity contribution in [2.45, 2.75) is 82.4 Å². The fourth-order valence-corrected chi connectivity index (χ4v) is 5.08. The normalized spacial score (nSPS) is 10.4. The Labute approximate surface area is 261 Å². The van der Waals surface area contributed by atoms with Crippen LogP contribution in [0.3, 0.4) is 0 Å². The zero-order chi connectivity index (χ0) is 28.9. The van der Waals surface area contributed by atoms with E-state index in [0.717, 1.165) is 30.5 Å². The third-order valence-corrected chi connectivity index (χ3v) is 7.65. The molecule has 0 saturated heterocycles. The van der Waals surface area contributed by atoms with Crippen LogP contribution >= 0.6 is 0 Å². The Bertz CT molecular complexity index is 1180. The van der Waals surface area contributed by atoms with E-state index in [1.165, 1.54) is 69.9 Å². The minimum Gasteiger partial charge on any atom is -0.330 e. The Morgan fingerprint density at radius 1 is 0.707 bits per heavy atom. The molecule has 4 aromatic carbocycles. The summed E-state index contributed by atoms with van der Waals surface area (Å²) in [6.45, 7) is 2.23. The average Bonchev–Trinajstić information content (AvgIpc) is 3.72. The van der Waals surface area contributed by atoms with Crippen LogP contribution in [0, 0.1) is 17.7 Å². The summed E-state index contributed by atoms with van der Waals surface area (Å²) in [4.78, 5) is 0.0399. The molecule has 0 fully saturated rings. The summed E-state index contributed by atoms with van der Waals surface area (Å²) in [5, 5.41) is 0. The third kappa shape index (κ3) is 16.5. The van der Waals surface area contributed by atoms with E-state index in [4.69, 9.17) is 0 Å². The number of hydrogen-bond acceptors (Lipinski definition) is 2. The van der Waals surface area contributed by atoms with Gasteiger partial charge in [0, 0.05) is 11.6 Å². The molecule has 1 N–H and O–H groups in total. The minimum atomic E-state index is -3.94. The topological polar surface area (TPSA) is 46.2 Å². The van der Waals surface area contributed by atoms with Crippen LogP contribution < -0.4 is 4.72 Å². The second-order valence-corrected chi connectivity index (χ2v) is 11.3. The summed E-state index contributed by atoms with van der Waals surface area (Å²) in [5.41, 5.74) is 0.751. The van der Waals surface area contributed by atoms with Gasteiger partial charge in [-0.3, -0.25) is 0 Å². The van der Waals surface area contributed by atoms with Crippen molar-refractivity contribution >= 4 is 15.7 Å². The van der Waals surface area contributed by atoms with Crippen molar-refractivity contribution in [3.05, 3.63) is 120 Å². The first kappa shape index (κ1) is 36.5. The molecule has 0 saturated carbocycles. The molecule has 1 radical (unpaired) electrons. The van der Waals surface area contributed by atoms with Crippen LogP contribution in [0.2, 0.25) is 0 Å². The molecule has 0 heterocycles. The van der Waals surface area contributed by atoms with Crippen LogP contribution in [-0.4, -0.2) is 8.42 Å². The van der Waals surface area contributed by atoms with E-state index in [9.17, 15) is 17.2 Å². The Hall–Kier alpha value is -2.54. The fourth-order valence-electron chi connectivity index (χ4n) is 4.02. The van der Waals surface area contributed by atoms with Crippen LogP contribution in [0.4, 0.5) is 14.5 Å². The van der Waals surface area contributed by atoms with E-state index in [0.29, 0.717) is 0 Å². The summed E-state index contributed by atoms with van der Waals surface area (Å²) < 4.78 is 53.5. The molecule has 0 bridgehead atoms. The first-order chi connectivity index (χ1) is 19.4. The number of halogens is 2. The van der Waals surface area contributed by atoms with E-state index in [1.54, 1.807) is 12.1 Å². The molecule has 0 aliphatic carbocycles. The molecule has 0 atom stereocenters. The standard InChI is InChI=1S/C24H32F2NO2S.2C5H5.Ti/c1-2-3-4-5-6-7-8-9-10-11-12-20-13-16-22(17-14-20)30(28,29)27-24-18-15-21(25)19-23(24)26;2*1-2-4-5-3-1;/h13-18,27H,2-12H2,1H3;2*1-5H;/q3*-1;+3. The van der Waals surface area contributed by atoms with Gasteiger partial charge in [-0.25, -0.2) is 41.5 Å². The van der Waals surface area contributed by atoms with Gasteiger partial charge in [-0.05, 0) is 36.2 Å². The first-order valence-corrected chi connectivity index (χ1v) is 15.7. The van der Waals surface area contributed by atoms with Crippen molar-refractivity contribution in [2.24, 2.45) is 0 Å². The monoisotopic (exact) mass is 614 g/mol. The predicted octanol–water partition coefficient (Wildman–Crippen LogP) is 9.84. The molecule has 0 aromatic heterocycles. The first-order valence-electron chi connectivity index (χ1n) is 14.2. The van der Waals surface area contributed by atoms with Crippen molar-refractivity contribution in [1.29, 1.82) is 0 Å². The molecule has 7 heteroatoms. The number of anilines is 1. The molecular weight excluding hydrogens is 572 g/mol. The Morgan fingerprint density at radius 2 is 1.20 bits per heavy atom. The third-order valence-electron chi connectivity index (χ3n) is 6.27. The number of aryl methyl sites for hydroxylation is 1. The van der Waals surface area contributed by atoms with Gasteiger partial charge in [-0.15, -0.1) is 18.2 Å². The summed E-state index contributed by atoms with van der Waals surface area (Å²) in [6.07, 6.45) is 13.7. The van der Waals surface area contributed by atoms with Crippen LogP contribution in [-0.2, 0) is 38.2 Å². The quantitative estimate of drug-likeness (QED) is 0.0873. The number of nitrogens with one attached hydrogen (secondary N) is 1. The summed E-state index contributed by atoms with van der Waals surface area (Å²) in [5.74, 6) is -1.96. The molecule has 219 valence electrons. The van der Waals surface area contributed by atoms with E-state index in [1.807, 2.05) is 66.7 Å². The minimum absolute atomic E-state index is 0. The summed E-state index contributed by atoms with van der Waals surface area (Å²) in [7, 11) is -3.94. The van der Waals surface area contributed by atoms with Crippen LogP contribution in [0.5, 0.6) is 0 Å². The Morgan fingerprint density at radius 3 is 1.63 bits per heavy atom. The predicted molar refractivity (Wildman–Crippen MR) is 162 cm³/mol. The van der Waals surface area contributed by atoms with Crippen molar-refractivity contribution in [3.63, 3.8) is 0 Å². The second-order valence-electron chi connectivity index (χ2n) is 9.64. The van der Waals surface area contributed by atoms with Gasteiger partial charge < -0.3 is 4.72 Å². The summed E-state index contributed by atoms with van der Waals surface area (Å²) >= 11 is 0. The molecule has 41 heavy (non-hydrogen) atoms. The number of sulfonamides is 1. The number of benzene rings is 2. The molecular formula is C34H42F2NO2STi. The van der Waals surface area contributed by atoms with Crippen molar-refractivity contribution < 1.29 is 38.9 Å². The van der Waals surface area contributed by atoms with Gasteiger partial charge in [0.25, 0.3) is 10.0 Å². The molecule has 4 rings (SSSR count). The molecule has 0 amide bonds. The molecule has 0 aliphatic rings. The smallest absolute Gasteiger partial charge is 0.330 e. The zero-order valence-corrected chi connectivity index (χ0v) is 26.4. The molecule has 0 spiro atoms. The van der Waals surface area contributed by atoms with Crippen LogP contribution in [0.1, 0.15) is 76.7 Å². The molecule has 4 aromatic rings. The van der Waals surface area contributed by atoms with Crippen molar-refractivity contribution in [1.82, 2.24) is 0 Å². The zero-order valence-electron chi connectivity index (χ0n) is 24.0. The van der Waals surface area contributed by atoms with Gasteiger partial charge >= 0.3 is 21.7 Å². The van der Waals surface area contributed by atoms with Gasteiger partial charge in [0.05, 0.1) is 4.90 Å². The maximum atomic E-state index is 13.7. The van der Waals surface area contributed by atoms with Crippen LogP contribution in [0.15, 0.2) is 102 Å². The summed E-state index contributed by atoms with van der Waals surface area (Å²) in [6, 6.07) is 30.4. The van der Waals surface area contributed by atoms with Gasteiger partial charge in [0.15, 0.2) is 0 Å². The second kappa shape index (κ2) is 22.1. The van der Waals surface area contributed by atoms with Gasteiger partial charge in [0.2, 0.25) is 0 Å². The number of rotatable bonds is 14. The largest absolute Gasteiger partial charge is 3.00 e. The van der Waals surface area contributed by atoms with Gasteiger partial charge in [0.1, 0.15) is 0 Å². The maximum absolute atomic E-state index is 13.7. The molecule has 3 nitrogen and oxygen atoms in total. The van der Waals surface area contributed by atoms with Gasteiger partial charge in [-0.1, -0.05) is 76.8 Å². The molecule has 0 aliphatic heterocycles. The van der Waals surface area contributed by atoms with Gasteiger partial charge in [-0.2, -0.15) is 36.4 Å². The molecule has 0 unspecified atom stereocenters. The van der Waals surface area contributed by atoms with Crippen molar-refractivity contribution in [2.75, 3.05) is 4.72 Å². The SMILES string of the molecule is CCCCCCCCCCCCc1ccc(S(=O)(=O)Nc2ccc(F)[c-]c2F)cc1.[Ti+3].c1cc[cH-]c1.c1cc[cH-]c1. The number of unbranched alkanes of at least 4 members (excludes halogenated alkanes) is 9. The van der Waals surface area contributed by atoms with E-state index in [-0.39, 0.29) is 32.3 Å². The van der Waals surface area contributed by atoms with Crippen molar-refractivity contribution in [3.8, 4) is 0 Å². The Kier molecular flexibility index (Phi) is 19.7. The Balaban J connectivity index is 0.000000635. The maximum Gasteiger partial charge on any atom is 3.00 e. The van der Waals surface area contributed by atoms with E-state index < -0.39 is 21.7 Å². The fraction of sp³-hybridized carbons (Fsp3) is 0.353. The van der Waals surface area contributed by atoms with E-state index in [2.05, 4.69) is 11.6 Å². The average molecular weight is 615 g/mol. The van der Waals surface area contributed by atoms with Crippen LogP contribution in [0.25, 0.3) is 0 Å². The van der Waals surface area contributed by atoms with E-state index >= 15 is 0 Å².